The predicted molar refractivity (Wildman–Crippen MR) is 59.8 cm³/mol. The van der Waals surface area contributed by atoms with E-state index in [9.17, 15) is 4.79 Å². The van der Waals surface area contributed by atoms with E-state index in [1.807, 2.05) is 0 Å². The molecule has 0 spiro atoms. The Morgan fingerprint density at radius 2 is 2.53 bits per heavy atom. The quantitative estimate of drug-likeness (QED) is 0.492. The van der Waals surface area contributed by atoms with Crippen LogP contribution in [0, 0.1) is 0 Å². The van der Waals surface area contributed by atoms with Gasteiger partial charge in [-0.1, -0.05) is 17.8 Å². The van der Waals surface area contributed by atoms with Crippen LogP contribution < -0.4 is 0 Å². The summed E-state index contributed by atoms with van der Waals surface area (Å²) in [6.45, 7) is 4.21. The van der Waals surface area contributed by atoms with Crippen LogP contribution in [0.15, 0.2) is 34.6 Å². The number of rotatable bonds is 3. The Kier molecular flexibility index (Phi) is 3.13. The van der Waals surface area contributed by atoms with Gasteiger partial charge in [-0.3, -0.25) is 4.90 Å². The molecule has 0 saturated heterocycles. The molecule has 1 aliphatic heterocycles. The van der Waals surface area contributed by atoms with Gasteiger partial charge in [0.15, 0.2) is 0 Å². The van der Waals surface area contributed by atoms with Gasteiger partial charge in [0, 0.05) is 5.56 Å². The van der Waals surface area contributed by atoms with Crippen LogP contribution in [0.3, 0.4) is 0 Å². The van der Waals surface area contributed by atoms with Crippen molar-refractivity contribution in [1.29, 1.82) is 0 Å². The summed E-state index contributed by atoms with van der Waals surface area (Å²) in [5.74, 6) is 0.583. The van der Waals surface area contributed by atoms with Crippen LogP contribution in [0.2, 0.25) is 0 Å². The molecule has 0 unspecified atom stereocenters. The zero-order valence-corrected chi connectivity index (χ0v) is 9.13. The summed E-state index contributed by atoms with van der Waals surface area (Å²) < 4.78 is 5.21. The number of amides is 1. The summed E-state index contributed by atoms with van der Waals surface area (Å²) >= 11 is 0. The van der Waals surface area contributed by atoms with Crippen molar-refractivity contribution < 1.29 is 19.2 Å². The Morgan fingerprint density at radius 1 is 1.71 bits per heavy atom. The molecule has 0 bridgehead atoms. The molecule has 17 heavy (non-hydrogen) atoms. The average Bonchev–Trinajstić information content (AvgIpc) is 2.77. The van der Waals surface area contributed by atoms with Crippen molar-refractivity contribution in [3.63, 3.8) is 0 Å². The first kappa shape index (κ1) is 11.3. The lowest BCUT2D eigenvalue weighted by Crippen LogP contribution is -2.38. The fourth-order valence-electron chi connectivity index (χ4n) is 1.60. The summed E-state index contributed by atoms with van der Waals surface area (Å²) in [7, 11) is 0. The molecule has 0 aliphatic carbocycles. The van der Waals surface area contributed by atoms with Gasteiger partial charge in [-0.05, 0) is 6.07 Å². The zero-order chi connectivity index (χ0) is 12.3. The first-order chi connectivity index (χ1) is 8.22. The van der Waals surface area contributed by atoms with Crippen LogP contribution in [-0.4, -0.2) is 35.0 Å². The van der Waals surface area contributed by atoms with Crippen molar-refractivity contribution in [3.05, 3.63) is 36.3 Å². The topological polar surface area (TPSA) is 75.3 Å². The summed E-state index contributed by atoms with van der Waals surface area (Å²) in [6.07, 6.45) is 2.07. The Morgan fingerprint density at radius 3 is 3.24 bits per heavy atom. The van der Waals surface area contributed by atoms with Gasteiger partial charge in [0.05, 0.1) is 19.4 Å². The average molecular weight is 236 g/mol. The normalized spacial score (nSPS) is 16.7. The maximum atomic E-state index is 10.9. The van der Waals surface area contributed by atoms with Gasteiger partial charge >= 0.3 is 6.09 Å². The minimum absolute atomic E-state index is 0.193. The molecule has 1 aromatic heterocycles. The molecule has 6 heteroatoms. The monoisotopic (exact) mass is 236 g/mol. The van der Waals surface area contributed by atoms with Crippen LogP contribution in [-0.2, 0) is 11.4 Å². The third-order valence-corrected chi connectivity index (χ3v) is 2.37. The number of fused-ring (bicyclic) bond motifs is 1. The molecule has 0 fully saturated rings. The smallest absolute Gasteiger partial charge is 0.408 e. The highest BCUT2D eigenvalue weighted by Gasteiger charge is 2.27. The van der Waals surface area contributed by atoms with Crippen molar-refractivity contribution >= 4 is 11.8 Å². The van der Waals surface area contributed by atoms with Crippen LogP contribution in [0.4, 0.5) is 4.79 Å². The van der Waals surface area contributed by atoms with Crippen LogP contribution >= 0.6 is 0 Å². The highest BCUT2D eigenvalue weighted by Crippen LogP contribution is 2.20. The van der Waals surface area contributed by atoms with E-state index in [1.54, 1.807) is 12.1 Å². The molecule has 1 N–H and O–H groups in total. The third-order valence-electron chi connectivity index (χ3n) is 2.37. The summed E-state index contributed by atoms with van der Waals surface area (Å²) in [6, 6.07) is 1.75. The van der Waals surface area contributed by atoms with Crippen molar-refractivity contribution in [2.45, 2.75) is 6.54 Å². The van der Waals surface area contributed by atoms with E-state index in [0.717, 1.165) is 5.56 Å². The van der Waals surface area contributed by atoms with Gasteiger partial charge in [-0.25, -0.2) is 4.79 Å². The second-order valence-corrected chi connectivity index (χ2v) is 3.52. The van der Waals surface area contributed by atoms with E-state index in [1.165, 1.54) is 11.2 Å². The van der Waals surface area contributed by atoms with Crippen molar-refractivity contribution in [3.8, 4) is 0 Å². The Bertz CT molecular complexity index is 464. The summed E-state index contributed by atoms with van der Waals surface area (Å²) in [5, 5.41) is 12.9. The predicted octanol–water partition coefficient (Wildman–Crippen LogP) is 1.68. The maximum Gasteiger partial charge on any atom is 0.408 e. The molecule has 0 saturated carbocycles. The minimum Gasteiger partial charge on any atom is -0.467 e. The largest absolute Gasteiger partial charge is 0.467 e. The minimum atomic E-state index is -1.01. The van der Waals surface area contributed by atoms with Crippen molar-refractivity contribution in [2.75, 3.05) is 13.2 Å². The summed E-state index contributed by atoms with van der Waals surface area (Å²) in [4.78, 5) is 17.1. The molecular formula is C11H12N2O4. The number of hydrogen-bond acceptors (Lipinski definition) is 4. The molecule has 0 atom stereocenters. The van der Waals surface area contributed by atoms with E-state index in [0.29, 0.717) is 11.5 Å². The number of oxime groups is 1. The number of furan rings is 1. The first-order valence-corrected chi connectivity index (χ1v) is 5.06. The van der Waals surface area contributed by atoms with Crippen LogP contribution in [0.25, 0.3) is 0 Å². The highest BCUT2D eigenvalue weighted by atomic mass is 16.6. The van der Waals surface area contributed by atoms with E-state index in [2.05, 4.69) is 11.7 Å². The Hall–Kier alpha value is -2.24. The number of carbonyl (C=O) groups is 1. The lowest BCUT2D eigenvalue weighted by molar-refractivity contribution is 0.141. The molecule has 6 nitrogen and oxygen atoms in total. The molecule has 90 valence electrons. The second kappa shape index (κ2) is 4.73. The maximum absolute atomic E-state index is 10.9. The molecular weight excluding hydrogens is 224 g/mol. The molecule has 2 heterocycles. The van der Waals surface area contributed by atoms with E-state index in [4.69, 9.17) is 14.4 Å². The van der Waals surface area contributed by atoms with Gasteiger partial charge in [-0.2, -0.15) is 0 Å². The van der Waals surface area contributed by atoms with Gasteiger partial charge in [0.25, 0.3) is 0 Å². The molecule has 1 aromatic rings. The first-order valence-electron chi connectivity index (χ1n) is 5.06. The second-order valence-electron chi connectivity index (χ2n) is 3.52. The fraction of sp³-hybridized carbons (Fsp3) is 0.273. The SMILES string of the molecule is C=CCO/N=C1\CN(C(=O)O)Cc2occc21. The molecule has 0 aromatic carbocycles. The fourth-order valence-corrected chi connectivity index (χ4v) is 1.60. The Labute approximate surface area is 97.8 Å². The van der Waals surface area contributed by atoms with Gasteiger partial charge in [-0.15, -0.1) is 0 Å². The van der Waals surface area contributed by atoms with Crippen LogP contribution in [0.5, 0.6) is 0 Å². The van der Waals surface area contributed by atoms with E-state index >= 15 is 0 Å². The zero-order valence-electron chi connectivity index (χ0n) is 9.13. The lowest BCUT2D eigenvalue weighted by atomic mass is 10.1. The Balaban J connectivity index is 2.23. The highest BCUT2D eigenvalue weighted by molar-refractivity contribution is 6.04. The van der Waals surface area contributed by atoms with E-state index in [-0.39, 0.29) is 19.7 Å². The number of nitrogens with zero attached hydrogens (tertiary/aromatic N) is 2. The van der Waals surface area contributed by atoms with E-state index < -0.39 is 6.09 Å². The van der Waals surface area contributed by atoms with Gasteiger partial charge < -0.3 is 14.4 Å². The van der Waals surface area contributed by atoms with Gasteiger partial charge in [0.2, 0.25) is 0 Å². The van der Waals surface area contributed by atoms with Crippen LogP contribution in [0.1, 0.15) is 11.3 Å². The van der Waals surface area contributed by atoms with Crippen molar-refractivity contribution in [1.82, 2.24) is 4.90 Å². The standard InChI is InChI=1S/C11H12N2O4/c1-2-4-17-12-9-6-13(11(14)15)7-10-8(9)3-5-16-10/h2-3,5H,1,4,6-7H2,(H,14,15)/b12-9+. The summed E-state index contributed by atoms with van der Waals surface area (Å²) in [5.41, 5.74) is 1.34. The molecule has 2 rings (SSSR count). The van der Waals surface area contributed by atoms with Crippen molar-refractivity contribution in [2.24, 2.45) is 5.16 Å². The molecule has 1 aliphatic rings. The third kappa shape index (κ3) is 2.30. The molecule has 1 amide bonds. The molecule has 0 radical (unpaired) electrons. The number of carboxylic acid groups (broad SMARTS) is 1. The van der Waals surface area contributed by atoms with Gasteiger partial charge in [0.1, 0.15) is 18.1 Å². The lowest BCUT2D eigenvalue weighted by Gasteiger charge is -2.23. The number of hydrogen-bond donors (Lipinski definition) is 1.